The first-order chi connectivity index (χ1) is 11.3. The minimum Gasteiger partial charge on any atom is -0.348 e. The van der Waals surface area contributed by atoms with Gasteiger partial charge in [-0.3, -0.25) is 9.78 Å². The molecule has 0 bridgehead atoms. The molecular weight excluding hydrogens is 286 g/mol. The van der Waals surface area contributed by atoms with Crippen molar-refractivity contribution in [2.24, 2.45) is 0 Å². The van der Waals surface area contributed by atoms with Crippen LogP contribution in [0.15, 0.2) is 54.9 Å². The fourth-order valence-corrected chi connectivity index (χ4v) is 2.45. The average molecular weight is 311 g/mol. The number of unbranched alkanes of at least 4 members (excludes halogenated alkanes) is 1. The van der Waals surface area contributed by atoms with Gasteiger partial charge in [0.15, 0.2) is 0 Å². The third-order valence-electron chi connectivity index (χ3n) is 3.72. The maximum atomic E-state index is 12.2. The van der Waals surface area contributed by atoms with E-state index in [4.69, 9.17) is 0 Å². The fourth-order valence-electron chi connectivity index (χ4n) is 2.45. The van der Waals surface area contributed by atoms with E-state index in [-0.39, 0.29) is 11.9 Å². The quantitative estimate of drug-likeness (QED) is 0.700. The van der Waals surface area contributed by atoms with Crippen LogP contribution in [0.2, 0.25) is 0 Å². The molecule has 4 nitrogen and oxygen atoms in total. The standard InChI is InChI=1S/C19H25N3O/c1-2-3-11-21-15-19(23)22-18(17-9-12-20-13-10-17)14-16-7-5-4-6-8-16/h4-10,12-13,18,21H,2-3,11,14-15H2,1H3,(H,22,23). The zero-order chi connectivity index (χ0) is 16.3. The lowest BCUT2D eigenvalue weighted by Gasteiger charge is -2.19. The van der Waals surface area contributed by atoms with Crippen LogP contribution >= 0.6 is 0 Å². The number of aromatic nitrogens is 1. The van der Waals surface area contributed by atoms with Crippen LogP contribution in [0.25, 0.3) is 0 Å². The molecule has 0 aliphatic carbocycles. The first kappa shape index (κ1) is 17.2. The fraction of sp³-hybridized carbons (Fsp3) is 0.368. The van der Waals surface area contributed by atoms with E-state index < -0.39 is 0 Å². The molecule has 1 aromatic carbocycles. The number of carbonyl (C=O) groups is 1. The number of pyridine rings is 1. The molecular formula is C19H25N3O. The van der Waals surface area contributed by atoms with E-state index in [1.165, 1.54) is 5.56 Å². The first-order valence-corrected chi connectivity index (χ1v) is 8.23. The predicted octanol–water partition coefficient (Wildman–Crippen LogP) is 2.87. The van der Waals surface area contributed by atoms with Crippen LogP contribution in [0.4, 0.5) is 0 Å². The molecule has 4 heteroatoms. The minimum absolute atomic E-state index is 0.0267. The van der Waals surface area contributed by atoms with Crippen LogP contribution in [0.5, 0.6) is 0 Å². The van der Waals surface area contributed by atoms with Crippen LogP contribution < -0.4 is 10.6 Å². The van der Waals surface area contributed by atoms with Crippen LogP contribution in [0, 0.1) is 0 Å². The van der Waals surface area contributed by atoms with Gasteiger partial charge in [-0.15, -0.1) is 0 Å². The Morgan fingerprint density at radius 3 is 2.57 bits per heavy atom. The summed E-state index contributed by atoms with van der Waals surface area (Å²) in [5, 5.41) is 6.31. The summed E-state index contributed by atoms with van der Waals surface area (Å²) in [7, 11) is 0. The van der Waals surface area contributed by atoms with Gasteiger partial charge in [0.2, 0.25) is 5.91 Å². The molecule has 0 radical (unpaired) electrons. The highest BCUT2D eigenvalue weighted by Gasteiger charge is 2.15. The summed E-state index contributed by atoms with van der Waals surface area (Å²) < 4.78 is 0. The van der Waals surface area contributed by atoms with Gasteiger partial charge in [-0.05, 0) is 42.6 Å². The molecule has 122 valence electrons. The van der Waals surface area contributed by atoms with Crippen molar-refractivity contribution in [3.63, 3.8) is 0 Å². The lowest BCUT2D eigenvalue weighted by molar-refractivity contribution is -0.121. The van der Waals surface area contributed by atoms with Crippen molar-refractivity contribution in [3.05, 3.63) is 66.0 Å². The van der Waals surface area contributed by atoms with Crippen molar-refractivity contribution < 1.29 is 4.79 Å². The first-order valence-electron chi connectivity index (χ1n) is 8.23. The van der Waals surface area contributed by atoms with Gasteiger partial charge in [0, 0.05) is 12.4 Å². The summed E-state index contributed by atoms with van der Waals surface area (Å²) in [5.41, 5.74) is 2.28. The van der Waals surface area contributed by atoms with Gasteiger partial charge in [0.25, 0.3) is 0 Å². The Balaban J connectivity index is 1.98. The van der Waals surface area contributed by atoms with Gasteiger partial charge in [-0.1, -0.05) is 43.7 Å². The van der Waals surface area contributed by atoms with E-state index in [1.54, 1.807) is 12.4 Å². The highest BCUT2D eigenvalue weighted by atomic mass is 16.1. The maximum absolute atomic E-state index is 12.2. The SMILES string of the molecule is CCCCNCC(=O)NC(Cc1ccccc1)c1ccncc1. The zero-order valence-corrected chi connectivity index (χ0v) is 13.7. The molecule has 1 unspecified atom stereocenters. The lowest BCUT2D eigenvalue weighted by Crippen LogP contribution is -2.37. The lowest BCUT2D eigenvalue weighted by atomic mass is 9.99. The summed E-state index contributed by atoms with van der Waals surface area (Å²) in [6, 6.07) is 14.1. The number of hydrogen-bond acceptors (Lipinski definition) is 3. The highest BCUT2D eigenvalue weighted by molar-refractivity contribution is 5.78. The molecule has 23 heavy (non-hydrogen) atoms. The Morgan fingerprint density at radius 2 is 1.87 bits per heavy atom. The molecule has 0 saturated carbocycles. The number of carbonyl (C=O) groups excluding carboxylic acids is 1. The van der Waals surface area contributed by atoms with Gasteiger partial charge in [-0.2, -0.15) is 0 Å². The topological polar surface area (TPSA) is 54.0 Å². The summed E-state index contributed by atoms with van der Waals surface area (Å²) >= 11 is 0. The second kappa shape index (κ2) is 9.74. The van der Waals surface area contributed by atoms with Gasteiger partial charge >= 0.3 is 0 Å². The number of amides is 1. The summed E-state index contributed by atoms with van der Waals surface area (Å²) in [5.74, 6) is 0.0267. The molecule has 0 saturated heterocycles. The van der Waals surface area contributed by atoms with Crippen molar-refractivity contribution in [1.82, 2.24) is 15.6 Å². The molecule has 2 N–H and O–H groups in total. The third-order valence-corrected chi connectivity index (χ3v) is 3.72. The number of benzene rings is 1. The average Bonchev–Trinajstić information content (AvgIpc) is 2.60. The molecule has 1 aromatic heterocycles. The number of hydrogen-bond donors (Lipinski definition) is 2. The Bertz CT molecular complexity index is 572. The van der Waals surface area contributed by atoms with E-state index in [0.717, 1.165) is 31.4 Å². The molecule has 1 atom stereocenters. The Hall–Kier alpha value is -2.20. The third kappa shape index (κ3) is 6.20. The maximum Gasteiger partial charge on any atom is 0.234 e. The molecule has 0 aliphatic heterocycles. The largest absolute Gasteiger partial charge is 0.348 e. The highest BCUT2D eigenvalue weighted by Crippen LogP contribution is 2.17. The van der Waals surface area contributed by atoms with Gasteiger partial charge in [0.05, 0.1) is 12.6 Å². The van der Waals surface area contributed by atoms with Crippen LogP contribution in [0.1, 0.15) is 36.9 Å². The monoisotopic (exact) mass is 311 g/mol. The Labute approximate surface area is 138 Å². The minimum atomic E-state index is -0.0409. The number of rotatable bonds is 9. The predicted molar refractivity (Wildman–Crippen MR) is 93.0 cm³/mol. The molecule has 1 heterocycles. The van der Waals surface area contributed by atoms with Crippen molar-refractivity contribution in [2.45, 2.75) is 32.2 Å². The smallest absolute Gasteiger partial charge is 0.234 e. The van der Waals surface area contributed by atoms with Crippen molar-refractivity contribution >= 4 is 5.91 Å². The van der Waals surface area contributed by atoms with Gasteiger partial charge in [0.1, 0.15) is 0 Å². The second-order valence-electron chi connectivity index (χ2n) is 5.62. The van der Waals surface area contributed by atoms with Crippen molar-refractivity contribution in [2.75, 3.05) is 13.1 Å². The Kier molecular flexibility index (Phi) is 7.27. The molecule has 0 aliphatic rings. The molecule has 0 fully saturated rings. The van der Waals surface area contributed by atoms with Crippen LogP contribution in [-0.4, -0.2) is 24.0 Å². The summed E-state index contributed by atoms with van der Waals surface area (Å²) in [6.45, 7) is 3.37. The second-order valence-corrected chi connectivity index (χ2v) is 5.62. The van der Waals surface area contributed by atoms with E-state index in [1.807, 2.05) is 30.3 Å². The molecule has 0 spiro atoms. The van der Waals surface area contributed by atoms with E-state index in [2.05, 4.69) is 34.7 Å². The number of nitrogens with zero attached hydrogens (tertiary/aromatic N) is 1. The van der Waals surface area contributed by atoms with Gasteiger partial charge < -0.3 is 10.6 Å². The molecule has 2 rings (SSSR count). The number of nitrogens with one attached hydrogen (secondary N) is 2. The zero-order valence-electron chi connectivity index (χ0n) is 13.7. The van der Waals surface area contributed by atoms with Crippen molar-refractivity contribution in [1.29, 1.82) is 0 Å². The normalized spacial score (nSPS) is 11.9. The van der Waals surface area contributed by atoms with E-state index >= 15 is 0 Å². The molecule has 1 amide bonds. The van der Waals surface area contributed by atoms with E-state index in [9.17, 15) is 4.79 Å². The van der Waals surface area contributed by atoms with Crippen molar-refractivity contribution in [3.8, 4) is 0 Å². The Morgan fingerprint density at radius 1 is 1.13 bits per heavy atom. The van der Waals surface area contributed by atoms with Crippen LogP contribution in [-0.2, 0) is 11.2 Å². The molecule has 2 aromatic rings. The van der Waals surface area contributed by atoms with Gasteiger partial charge in [-0.25, -0.2) is 0 Å². The summed E-state index contributed by atoms with van der Waals surface area (Å²) in [6.07, 6.45) is 6.51. The van der Waals surface area contributed by atoms with Crippen LogP contribution in [0.3, 0.4) is 0 Å². The summed E-state index contributed by atoms with van der Waals surface area (Å²) in [4.78, 5) is 16.2. The van der Waals surface area contributed by atoms with E-state index in [0.29, 0.717) is 6.54 Å².